The third-order valence-corrected chi connectivity index (χ3v) is 1.20. The van der Waals surface area contributed by atoms with Crippen molar-refractivity contribution in [2.24, 2.45) is 5.90 Å². The molecule has 3 nitrogen and oxygen atoms in total. The average Bonchev–Trinajstić information content (AvgIpc) is 2.05. The molecule has 0 spiro atoms. The molecule has 2 N–H and O–H groups in total. The topological polar surface area (TPSA) is 44.5 Å². The fourth-order valence-electron chi connectivity index (χ4n) is 0.654. The molecule has 0 aliphatic heterocycles. The number of nitrogens with two attached hydrogens (primary N) is 1. The summed E-state index contributed by atoms with van der Waals surface area (Å²) in [7, 11) is 1.61. The van der Waals surface area contributed by atoms with Gasteiger partial charge in [0, 0.05) is 0 Å². The summed E-state index contributed by atoms with van der Waals surface area (Å²) in [5, 5.41) is 0. The zero-order chi connectivity index (χ0) is 7.40. The van der Waals surface area contributed by atoms with Gasteiger partial charge >= 0.3 is 0 Å². The van der Waals surface area contributed by atoms with Crippen LogP contribution in [-0.4, -0.2) is 7.11 Å². The second kappa shape index (κ2) is 4.82. The molecule has 0 heterocycles. The molecule has 11 heavy (non-hydrogen) atoms. The summed E-state index contributed by atoms with van der Waals surface area (Å²) < 4.78 is 4.92. The van der Waals surface area contributed by atoms with Gasteiger partial charge in [-0.15, -0.1) is 12.4 Å². The van der Waals surface area contributed by atoms with Gasteiger partial charge in [0.15, 0.2) is 0 Å². The molecular formula is C7H10ClNO2. The highest BCUT2D eigenvalue weighted by molar-refractivity contribution is 5.85. The van der Waals surface area contributed by atoms with Crippen molar-refractivity contribution in [3.63, 3.8) is 0 Å². The van der Waals surface area contributed by atoms with Gasteiger partial charge in [0.1, 0.15) is 11.5 Å². The summed E-state index contributed by atoms with van der Waals surface area (Å²) in [6.07, 6.45) is 0. The number of benzene rings is 1. The van der Waals surface area contributed by atoms with Gasteiger partial charge in [-0.2, -0.15) is 5.90 Å². The van der Waals surface area contributed by atoms with Gasteiger partial charge < -0.3 is 9.57 Å². The van der Waals surface area contributed by atoms with Crippen LogP contribution in [0.15, 0.2) is 24.3 Å². The monoisotopic (exact) mass is 175 g/mol. The molecule has 0 atom stereocenters. The second-order valence-electron chi connectivity index (χ2n) is 1.79. The Labute approximate surface area is 71.5 Å². The standard InChI is InChI=1S/C7H9NO2.ClH/c1-9-6-2-4-7(10-8)5-3-6;/h2-5H,8H2,1H3;1H. The maximum absolute atomic E-state index is 4.92. The van der Waals surface area contributed by atoms with Crippen molar-refractivity contribution in [1.29, 1.82) is 0 Å². The summed E-state index contributed by atoms with van der Waals surface area (Å²) >= 11 is 0. The maximum Gasteiger partial charge on any atom is 0.147 e. The average molecular weight is 176 g/mol. The zero-order valence-electron chi connectivity index (χ0n) is 6.11. The highest BCUT2D eigenvalue weighted by Crippen LogP contribution is 2.15. The molecule has 0 aliphatic carbocycles. The lowest BCUT2D eigenvalue weighted by atomic mass is 10.3. The highest BCUT2D eigenvalue weighted by Gasteiger charge is 1.90. The van der Waals surface area contributed by atoms with Crippen LogP contribution in [0.5, 0.6) is 11.5 Å². The lowest BCUT2D eigenvalue weighted by Gasteiger charge is -1.99. The molecular weight excluding hydrogens is 166 g/mol. The van der Waals surface area contributed by atoms with E-state index < -0.39 is 0 Å². The fraction of sp³-hybridized carbons (Fsp3) is 0.143. The molecule has 1 aromatic carbocycles. The summed E-state index contributed by atoms with van der Waals surface area (Å²) in [6, 6.07) is 7.03. The van der Waals surface area contributed by atoms with Crippen LogP contribution in [0.1, 0.15) is 0 Å². The third-order valence-electron chi connectivity index (χ3n) is 1.20. The van der Waals surface area contributed by atoms with Gasteiger partial charge in [-0.25, -0.2) is 0 Å². The van der Waals surface area contributed by atoms with Gasteiger partial charge in [-0.1, -0.05) is 0 Å². The molecule has 62 valence electrons. The molecule has 0 saturated carbocycles. The maximum atomic E-state index is 4.92. The molecule has 1 aromatic rings. The Kier molecular flexibility index (Phi) is 4.41. The Bertz CT molecular complexity index is 177. The van der Waals surface area contributed by atoms with Gasteiger partial charge in [-0.3, -0.25) is 0 Å². The summed E-state index contributed by atoms with van der Waals surface area (Å²) in [5.41, 5.74) is 0. The van der Waals surface area contributed by atoms with Crippen molar-refractivity contribution >= 4 is 12.4 Å². The summed E-state index contributed by atoms with van der Waals surface area (Å²) in [4.78, 5) is 4.46. The summed E-state index contributed by atoms with van der Waals surface area (Å²) in [5.74, 6) is 6.32. The van der Waals surface area contributed by atoms with E-state index in [0.717, 1.165) is 5.75 Å². The number of hydrogen-bond acceptors (Lipinski definition) is 3. The predicted molar refractivity (Wildman–Crippen MR) is 45.1 cm³/mol. The second-order valence-corrected chi connectivity index (χ2v) is 1.79. The first-order valence-corrected chi connectivity index (χ1v) is 2.87. The van der Waals surface area contributed by atoms with Crippen molar-refractivity contribution in [2.75, 3.05) is 7.11 Å². The van der Waals surface area contributed by atoms with Gasteiger partial charge in [0.25, 0.3) is 0 Å². The zero-order valence-corrected chi connectivity index (χ0v) is 6.93. The normalized spacial score (nSPS) is 8.18. The minimum atomic E-state index is 0. The van der Waals surface area contributed by atoms with Gasteiger partial charge in [0.2, 0.25) is 0 Å². The predicted octanol–water partition coefficient (Wildman–Crippen LogP) is 1.37. The molecule has 1 rings (SSSR count). The Morgan fingerprint density at radius 3 is 1.91 bits per heavy atom. The minimum absolute atomic E-state index is 0. The smallest absolute Gasteiger partial charge is 0.147 e. The first kappa shape index (κ1) is 10.1. The van der Waals surface area contributed by atoms with E-state index >= 15 is 0 Å². The first-order valence-electron chi connectivity index (χ1n) is 2.87. The van der Waals surface area contributed by atoms with Crippen molar-refractivity contribution in [3.8, 4) is 11.5 Å². The molecule has 0 saturated heterocycles. The largest absolute Gasteiger partial charge is 0.497 e. The lowest BCUT2D eigenvalue weighted by molar-refractivity contribution is 0.333. The van der Waals surface area contributed by atoms with Gasteiger partial charge in [-0.05, 0) is 24.3 Å². The minimum Gasteiger partial charge on any atom is -0.497 e. The van der Waals surface area contributed by atoms with Crippen LogP contribution in [-0.2, 0) is 0 Å². The molecule has 4 heteroatoms. The van der Waals surface area contributed by atoms with Crippen LogP contribution in [0.25, 0.3) is 0 Å². The molecule has 0 amide bonds. The van der Waals surface area contributed by atoms with Crippen molar-refractivity contribution < 1.29 is 9.57 Å². The Balaban J connectivity index is 0.000001000. The number of rotatable bonds is 2. The summed E-state index contributed by atoms with van der Waals surface area (Å²) in [6.45, 7) is 0. The Morgan fingerprint density at radius 2 is 1.55 bits per heavy atom. The van der Waals surface area contributed by atoms with Gasteiger partial charge in [0.05, 0.1) is 7.11 Å². The highest BCUT2D eigenvalue weighted by atomic mass is 35.5. The van der Waals surface area contributed by atoms with E-state index in [-0.39, 0.29) is 12.4 Å². The number of hydrogen-bond donors (Lipinski definition) is 1. The van der Waals surface area contributed by atoms with E-state index in [0.29, 0.717) is 5.75 Å². The molecule has 0 bridgehead atoms. The fourth-order valence-corrected chi connectivity index (χ4v) is 0.654. The third kappa shape index (κ3) is 2.65. The first-order chi connectivity index (χ1) is 4.86. The Morgan fingerprint density at radius 1 is 1.09 bits per heavy atom. The van der Waals surface area contributed by atoms with Crippen LogP contribution in [0.2, 0.25) is 0 Å². The van der Waals surface area contributed by atoms with Crippen LogP contribution in [0.4, 0.5) is 0 Å². The quantitative estimate of drug-likeness (QED) is 0.691. The lowest BCUT2D eigenvalue weighted by Crippen LogP contribution is -2.01. The molecule has 0 radical (unpaired) electrons. The number of halogens is 1. The van der Waals surface area contributed by atoms with Crippen LogP contribution in [0, 0.1) is 0 Å². The van der Waals surface area contributed by atoms with E-state index in [4.69, 9.17) is 10.6 Å². The van der Waals surface area contributed by atoms with E-state index in [9.17, 15) is 0 Å². The SMILES string of the molecule is COc1ccc(ON)cc1.Cl. The van der Waals surface area contributed by atoms with Crippen molar-refractivity contribution in [2.45, 2.75) is 0 Å². The van der Waals surface area contributed by atoms with E-state index in [1.165, 1.54) is 0 Å². The van der Waals surface area contributed by atoms with E-state index in [1.807, 2.05) is 0 Å². The number of methoxy groups -OCH3 is 1. The molecule has 0 fully saturated rings. The number of ether oxygens (including phenoxy) is 1. The molecule has 0 unspecified atom stereocenters. The van der Waals surface area contributed by atoms with Crippen LogP contribution in [0.3, 0.4) is 0 Å². The van der Waals surface area contributed by atoms with E-state index in [2.05, 4.69) is 4.84 Å². The van der Waals surface area contributed by atoms with Crippen molar-refractivity contribution in [3.05, 3.63) is 24.3 Å². The molecule has 0 aromatic heterocycles. The van der Waals surface area contributed by atoms with Crippen LogP contribution < -0.4 is 15.5 Å². The van der Waals surface area contributed by atoms with E-state index in [1.54, 1.807) is 31.4 Å². The van der Waals surface area contributed by atoms with Crippen molar-refractivity contribution in [1.82, 2.24) is 0 Å². The molecule has 0 aliphatic rings. The Hall–Kier alpha value is -0.930. The van der Waals surface area contributed by atoms with Crippen LogP contribution >= 0.6 is 12.4 Å².